The molecule has 1 unspecified atom stereocenters. The molecule has 0 spiro atoms. The molecule has 5 heteroatoms. The van der Waals surface area contributed by atoms with Crippen LogP contribution in [-0.2, 0) is 11.8 Å². The number of ether oxygens (including phenoxy) is 1. The van der Waals surface area contributed by atoms with E-state index in [0.29, 0.717) is 13.2 Å². The first kappa shape index (κ1) is 13.2. The number of aryl methyl sites for hydroxylation is 2. The Bertz CT molecular complexity index is 324. The van der Waals surface area contributed by atoms with Gasteiger partial charge in [0.2, 0.25) is 0 Å². The molecule has 0 radical (unpaired) electrons. The van der Waals surface area contributed by atoms with Crippen LogP contribution in [0.4, 0.5) is 0 Å². The number of nitrogens with two attached hydrogens (primary N) is 1. The van der Waals surface area contributed by atoms with Crippen LogP contribution >= 0.6 is 0 Å². The summed E-state index contributed by atoms with van der Waals surface area (Å²) in [4.78, 5) is 2.20. The van der Waals surface area contributed by atoms with E-state index in [1.807, 2.05) is 24.9 Å². The maximum absolute atomic E-state index is 5.84. The second-order valence-electron chi connectivity index (χ2n) is 4.07. The third-order valence-electron chi connectivity index (χ3n) is 2.81. The van der Waals surface area contributed by atoms with Gasteiger partial charge in [-0.25, -0.2) is 0 Å². The predicted octanol–water partition coefficient (Wildman–Crippen LogP) is 0.307. The number of aromatic nitrogens is 2. The summed E-state index contributed by atoms with van der Waals surface area (Å²) in [5.41, 5.74) is 8.08. The molecule has 0 aliphatic carbocycles. The van der Waals surface area contributed by atoms with E-state index in [4.69, 9.17) is 10.5 Å². The van der Waals surface area contributed by atoms with Gasteiger partial charge >= 0.3 is 0 Å². The average Bonchev–Trinajstić information content (AvgIpc) is 2.56. The zero-order valence-electron chi connectivity index (χ0n) is 10.6. The summed E-state index contributed by atoms with van der Waals surface area (Å²) in [6.45, 7) is 4.19. The van der Waals surface area contributed by atoms with Crippen molar-refractivity contribution in [2.75, 3.05) is 33.9 Å². The summed E-state index contributed by atoms with van der Waals surface area (Å²) in [5.74, 6) is 0. The van der Waals surface area contributed by atoms with Crippen molar-refractivity contribution in [3.8, 4) is 0 Å². The van der Waals surface area contributed by atoms with Gasteiger partial charge < -0.3 is 10.5 Å². The van der Waals surface area contributed by atoms with Crippen LogP contribution in [-0.4, -0.2) is 48.5 Å². The van der Waals surface area contributed by atoms with Crippen LogP contribution in [0.15, 0.2) is 6.20 Å². The summed E-state index contributed by atoms with van der Waals surface area (Å²) in [6.07, 6.45) is 2.04. The van der Waals surface area contributed by atoms with E-state index in [1.54, 1.807) is 7.11 Å². The molecule has 92 valence electrons. The van der Waals surface area contributed by atoms with Crippen molar-refractivity contribution >= 4 is 0 Å². The van der Waals surface area contributed by atoms with Gasteiger partial charge in [0.25, 0.3) is 0 Å². The molecule has 1 aromatic rings. The summed E-state index contributed by atoms with van der Waals surface area (Å²) in [5, 5.41) is 4.35. The lowest BCUT2D eigenvalue weighted by molar-refractivity contribution is 0.140. The minimum atomic E-state index is 0.212. The molecule has 0 aliphatic heterocycles. The molecule has 1 atom stereocenters. The number of nitrogens with zero attached hydrogens (tertiary/aromatic N) is 3. The molecule has 1 rings (SSSR count). The molecule has 0 saturated carbocycles. The van der Waals surface area contributed by atoms with Crippen LogP contribution < -0.4 is 5.73 Å². The average molecular weight is 226 g/mol. The van der Waals surface area contributed by atoms with Crippen molar-refractivity contribution in [3.05, 3.63) is 17.5 Å². The summed E-state index contributed by atoms with van der Waals surface area (Å²) in [6, 6.07) is 0.212. The second-order valence-corrected chi connectivity index (χ2v) is 4.07. The molecule has 0 bridgehead atoms. The standard InChI is InChI=1S/C11H22N4O/c1-9-10(8-15(3)13-9)11(7-12)14(2)5-6-16-4/h8,11H,5-7,12H2,1-4H3. The lowest BCUT2D eigenvalue weighted by atomic mass is 10.1. The highest BCUT2D eigenvalue weighted by molar-refractivity contribution is 5.20. The van der Waals surface area contributed by atoms with E-state index in [-0.39, 0.29) is 6.04 Å². The number of hydrogen-bond donors (Lipinski definition) is 1. The first-order valence-corrected chi connectivity index (χ1v) is 5.49. The van der Waals surface area contributed by atoms with E-state index in [2.05, 4.69) is 17.0 Å². The Hall–Kier alpha value is -0.910. The molecular formula is C11H22N4O. The van der Waals surface area contributed by atoms with Gasteiger partial charge in [0, 0.05) is 39.0 Å². The minimum Gasteiger partial charge on any atom is -0.383 e. The largest absolute Gasteiger partial charge is 0.383 e. The highest BCUT2D eigenvalue weighted by Gasteiger charge is 2.19. The molecule has 0 aromatic carbocycles. The van der Waals surface area contributed by atoms with Crippen LogP contribution in [0.25, 0.3) is 0 Å². The predicted molar refractivity (Wildman–Crippen MR) is 64.2 cm³/mol. The second kappa shape index (κ2) is 5.98. The third-order valence-corrected chi connectivity index (χ3v) is 2.81. The van der Waals surface area contributed by atoms with Gasteiger partial charge in [0.15, 0.2) is 0 Å². The lowest BCUT2D eigenvalue weighted by Gasteiger charge is -2.26. The Balaban J connectivity index is 2.77. The molecule has 0 saturated heterocycles. The van der Waals surface area contributed by atoms with Gasteiger partial charge in [-0.05, 0) is 14.0 Å². The Morgan fingerprint density at radius 2 is 2.31 bits per heavy atom. The Morgan fingerprint density at radius 1 is 1.62 bits per heavy atom. The van der Waals surface area contributed by atoms with E-state index >= 15 is 0 Å². The fourth-order valence-electron chi connectivity index (χ4n) is 1.88. The smallest absolute Gasteiger partial charge is 0.0641 e. The molecule has 2 N–H and O–H groups in total. The van der Waals surface area contributed by atoms with E-state index in [9.17, 15) is 0 Å². The molecule has 1 aromatic heterocycles. The normalized spacial score (nSPS) is 13.4. The van der Waals surface area contributed by atoms with E-state index in [1.165, 1.54) is 5.56 Å². The summed E-state index contributed by atoms with van der Waals surface area (Å²) >= 11 is 0. The molecule has 1 heterocycles. The van der Waals surface area contributed by atoms with Gasteiger partial charge in [0.05, 0.1) is 18.3 Å². The molecule has 0 amide bonds. The Morgan fingerprint density at radius 3 is 2.75 bits per heavy atom. The topological polar surface area (TPSA) is 56.3 Å². The SMILES string of the molecule is COCCN(C)C(CN)c1cn(C)nc1C. The number of methoxy groups -OCH3 is 1. The Labute approximate surface area is 97.2 Å². The molecule has 5 nitrogen and oxygen atoms in total. The van der Waals surface area contributed by atoms with Gasteiger partial charge in [-0.15, -0.1) is 0 Å². The summed E-state index contributed by atoms with van der Waals surface area (Å²) in [7, 11) is 5.70. The van der Waals surface area contributed by atoms with Crippen molar-refractivity contribution in [1.29, 1.82) is 0 Å². The van der Waals surface area contributed by atoms with Gasteiger partial charge in [-0.3, -0.25) is 9.58 Å². The summed E-state index contributed by atoms with van der Waals surface area (Å²) < 4.78 is 6.91. The maximum Gasteiger partial charge on any atom is 0.0641 e. The van der Waals surface area contributed by atoms with Gasteiger partial charge in [-0.2, -0.15) is 5.10 Å². The van der Waals surface area contributed by atoms with Crippen LogP contribution in [0, 0.1) is 6.92 Å². The zero-order valence-corrected chi connectivity index (χ0v) is 10.6. The van der Waals surface area contributed by atoms with Gasteiger partial charge in [0.1, 0.15) is 0 Å². The molecule has 0 aliphatic rings. The number of likely N-dealkylation sites (N-methyl/N-ethyl adjacent to an activating group) is 1. The van der Waals surface area contributed by atoms with Crippen molar-refractivity contribution in [2.24, 2.45) is 12.8 Å². The van der Waals surface area contributed by atoms with Crippen molar-refractivity contribution in [2.45, 2.75) is 13.0 Å². The fourth-order valence-corrected chi connectivity index (χ4v) is 1.88. The van der Waals surface area contributed by atoms with Crippen LogP contribution in [0.1, 0.15) is 17.3 Å². The van der Waals surface area contributed by atoms with E-state index < -0.39 is 0 Å². The highest BCUT2D eigenvalue weighted by atomic mass is 16.5. The minimum absolute atomic E-state index is 0.212. The first-order valence-electron chi connectivity index (χ1n) is 5.49. The Kier molecular flexibility index (Phi) is 4.92. The van der Waals surface area contributed by atoms with Crippen LogP contribution in [0.5, 0.6) is 0 Å². The first-order chi connectivity index (χ1) is 7.60. The molecular weight excluding hydrogens is 204 g/mol. The quantitative estimate of drug-likeness (QED) is 0.758. The van der Waals surface area contributed by atoms with Gasteiger partial charge in [-0.1, -0.05) is 0 Å². The molecule has 0 fully saturated rings. The lowest BCUT2D eigenvalue weighted by Crippen LogP contribution is -2.33. The maximum atomic E-state index is 5.84. The van der Waals surface area contributed by atoms with Crippen molar-refractivity contribution < 1.29 is 4.74 Å². The van der Waals surface area contributed by atoms with Crippen molar-refractivity contribution in [3.63, 3.8) is 0 Å². The van der Waals surface area contributed by atoms with E-state index in [0.717, 1.165) is 12.2 Å². The van der Waals surface area contributed by atoms with Crippen LogP contribution in [0.2, 0.25) is 0 Å². The van der Waals surface area contributed by atoms with Crippen LogP contribution in [0.3, 0.4) is 0 Å². The number of hydrogen-bond acceptors (Lipinski definition) is 4. The number of rotatable bonds is 6. The highest BCUT2D eigenvalue weighted by Crippen LogP contribution is 2.20. The third kappa shape index (κ3) is 3.04. The van der Waals surface area contributed by atoms with Crippen molar-refractivity contribution in [1.82, 2.24) is 14.7 Å². The monoisotopic (exact) mass is 226 g/mol. The fraction of sp³-hybridized carbons (Fsp3) is 0.727. The zero-order chi connectivity index (χ0) is 12.1. The molecule has 16 heavy (non-hydrogen) atoms.